The minimum absolute atomic E-state index is 0.638. The van der Waals surface area contributed by atoms with E-state index in [4.69, 9.17) is 9.97 Å². The van der Waals surface area contributed by atoms with E-state index in [0.29, 0.717) is 5.82 Å². The summed E-state index contributed by atoms with van der Waals surface area (Å²) in [4.78, 5) is 11.5. The van der Waals surface area contributed by atoms with Crippen molar-refractivity contribution in [3.63, 3.8) is 0 Å². The van der Waals surface area contributed by atoms with Crippen LogP contribution in [-0.4, -0.2) is 23.7 Å². The molecule has 0 bridgehead atoms. The minimum Gasteiger partial charge on any atom is -0.308 e. The van der Waals surface area contributed by atoms with Gasteiger partial charge in [-0.1, -0.05) is 146 Å². The van der Waals surface area contributed by atoms with Crippen LogP contribution in [0.4, 0.5) is 0 Å². The highest BCUT2D eigenvalue weighted by Gasteiger charge is 2.25. The van der Waals surface area contributed by atoms with Crippen molar-refractivity contribution in [1.29, 1.82) is 0 Å². The Hall–Kier alpha value is -8.32. The SMILES string of the molecule is c1cc(-c2ccc3sc4ccccc4c3c2)c(-c2nc(-n3c4ccccc4c4ccccc43)cc(-n3c4ccccc4c4ccccc43)n2)c(-n2c3ccccc3c3ccccc32)c1. The third kappa shape index (κ3) is 5.05. The van der Waals surface area contributed by atoms with E-state index in [-0.39, 0.29) is 0 Å². The normalized spacial score (nSPS) is 12.1. The lowest BCUT2D eigenvalue weighted by Crippen LogP contribution is -2.08. The Labute approximate surface area is 371 Å². The molecule has 0 aliphatic heterocycles. The molecule has 14 rings (SSSR count). The van der Waals surface area contributed by atoms with E-state index in [1.165, 1.54) is 52.5 Å². The van der Waals surface area contributed by atoms with Crippen molar-refractivity contribution in [3.8, 4) is 39.8 Å². The molecule has 0 aliphatic rings. The molecule has 0 saturated heterocycles. The molecule has 0 aliphatic carbocycles. The van der Waals surface area contributed by atoms with Crippen LogP contribution in [0, 0.1) is 0 Å². The van der Waals surface area contributed by atoms with Crippen LogP contribution in [-0.2, 0) is 0 Å². The predicted octanol–water partition coefficient (Wildman–Crippen LogP) is 15.5. The summed E-state index contributed by atoms with van der Waals surface area (Å²) >= 11 is 1.84. The van der Waals surface area contributed by atoms with Gasteiger partial charge in [-0.05, 0) is 71.8 Å². The van der Waals surface area contributed by atoms with Gasteiger partial charge in [0.25, 0.3) is 0 Å². The van der Waals surface area contributed by atoms with Gasteiger partial charge in [-0.2, -0.15) is 0 Å². The van der Waals surface area contributed by atoms with Crippen LogP contribution in [0.25, 0.3) is 125 Å². The molecule has 5 nitrogen and oxygen atoms in total. The summed E-state index contributed by atoms with van der Waals surface area (Å²) in [7, 11) is 0. The summed E-state index contributed by atoms with van der Waals surface area (Å²) in [5, 5.41) is 9.63. The molecular formula is C58H35N5S. The molecule has 6 heteroatoms. The molecule has 64 heavy (non-hydrogen) atoms. The summed E-state index contributed by atoms with van der Waals surface area (Å²) in [5.74, 6) is 2.22. The molecule has 0 atom stereocenters. The smallest absolute Gasteiger partial charge is 0.166 e. The maximum Gasteiger partial charge on any atom is 0.166 e. The number of benzene rings is 9. The standard InChI is InChI=1S/C58H35N5S/c1-8-24-46-38(16-1)39-17-2-9-25-47(39)61(46)52-30-15-23-37(36-32-33-54-45(34-36)44-22-7-14-31-53(44)64-54)57(52)58-59-55(62-48-26-10-3-18-40(48)41-19-4-11-27-49(41)62)35-56(60-58)63-50-28-12-5-20-42(50)43-21-6-13-29-51(43)63/h1-35H. The molecular weight excluding hydrogens is 799 g/mol. The van der Waals surface area contributed by atoms with Crippen LogP contribution in [0.3, 0.4) is 0 Å². The van der Waals surface area contributed by atoms with Gasteiger partial charge in [-0.25, -0.2) is 9.97 Å². The summed E-state index contributed by atoms with van der Waals surface area (Å²) in [6.07, 6.45) is 0. The lowest BCUT2D eigenvalue weighted by molar-refractivity contribution is 0.991. The first kappa shape index (κ1) is 35.3. The van der Waals surface area contributed by atoms with Gasteiger partial charge in [-0.15, -0.1) is 11.3 Å². The van der Waals surface area contributed by atoms with Gasteiger partial charge in [0.1, 0.15) is 11.6 Å². The lowest BCUT2D eigenvalue weighted by atomic mass is 9.95. The van der Waals surface area contributed by atoms with Gasteiger partial charge in [0.05, 0.1) is 44.4 Å². The van der Waals surface area contributed by atoms with Crippen molar-refractivity contribution < 1.29 is 0 Å². The van der Waals surface area contributed by atoms with E-state index in [2.05, 4.69) is 226 Å². The van der Waals surface area contributed by atoms with Crippen molar-refractivity contribution in [2.75, 3.05) is 0 Å². The van der Waals surface area contributed by atoms with Crippen LogP contribution >= 0.6 is 11.3 Å². The Bertz CT molecular complexity index is 3930. The highest BCUT2D eigenvalue weighted by Crippen LogP contribution is 2.44. The van der Waals surface area contributed by atoms with Crippen LogP contribution in [0.2, 0.25) is 0 Å². The number of fused-ring (bicyclic) bond motifs is 12. The molecule has 0 radical (unpaired) electrons. The van der Waals surface area contributed by atoms with Crippen molar-refractivity contribution in [1.82, 2.24) is 23.7 Å². The van der Waals surface area contributed by atoms with E-state index in [1.807, 2.05) is 11.3 Å². The second kappa shape index (κ2) is 13.6. The van der Waals surface area contributed by atoms with Crippen molar-refractivity contribution >= 4 is 96.9 Å². The zero-order valence-corrected chi connectivity index (χ0v) is 35.2. The van der Waals surface area contributed by atoms with Crippen LogP contribution in [0.5, 0.6) is 0 Å². The molecule has 0 N–H and O–H groups in total. The molecule has 298 valence electrons. The maximum absolute atomic E-state index is 5.76. The number of hydrogen-bond acceptors (Lipinski definition) is 3. The van der Waals surface area contributed by atoms with E-state index in [9.17, 15) is 0 Å². The number of nitrogens with zero attached hydrogens (tertiary/aromatic N) is 5. The molecule has 5 aromatic heterocycles. The van der Waals surface area contributed by atoms with Gasteiger partial charge in [0.2, 0.25) is 0 Å². The lowest BCUT2D eigenvalue weighted by Gasteiger charge is -2.19. The Kier molecular flexibility index (Phi) is 7.49. The van der Waals surface area contributed by atoms with Gasteiger partial charge >= 0.3 is 0 Å². The average Bonchev–Trinajstić information content (AvgIpc) is 4.10. The molecule has 9 aromatic carbocycles. The second-order valence-corrected chi connectivity index (χ2v) is 17.6. The van der Waals surface area contributed by atoms with Crippen molar-refractivity contribution in [3.05, 3.63) is 212 Å². The van der Waals surface area contributed by atoms with E-state index in [1.54, 1.807) is 0 Å². The number of aromatic nitrogens is 5. The first-order valence-corrected chi connectivity index (χ1v) is 22.5. The zero-order valence-electron chi connectivity index (χ0n) is 34.4. The quantitative estimate of drug-likeness (QED) is 0.173. The Morgan fingerprint density at radius 2 is 0.719 bits per heavy atom. The van der Waals surface area contributed by atoms with Gasteiger partial charge in [-0.3, -0.25) is 9.13 Å². The third-order valence-corrected chi connectivity index (χ3v) is 14.2. The number of hydrogen-bond donors (Lipinski definition) is 0. The van der Waals surface area contributed by atoms with Crippen LogP contribution in [0.15, 0.2) is 212 Å². The molecule has 0 saturated carbocycles. The summed E-state index contributed by atoms with van der Waals surface area (Å²) < 4.78 is 9.60. The third-order valence-electron chi connectivity index (χ3n) is 13.1. The number of thiophene rings is 1. The first-order chi connectivity index (χ1) is 31.8. The van der Waals surface area contributed by atoms with Crippen LogP contribution < -0.4 is 0 Å². The van der Waals surface area contributed by atoms with Crippen LogP contribution in [0.1, 0.15) is 0 Å². The Balaban J connectivity index is 1.15. The first-order valence-electron chi connectivity index (χ1n) is 21.7. The summed E-state index contributed by atoms with van der Waals surface area (Å²) in [6.45, 7) is 0. The highest BCUT2D eigenvalue weighted by molar-refractivity contribution is 7.25. The molecule has 14 aromatic rings. The molecule has 0 spiro atoms. The molecule has 0 unspecified atom stereocenters. The fourth-order valence-electron chi connectivity index (χ4n) is 10.4. The van der Waals surface area contributed by atoms with Gasteiger partial charge < -0.3 is 4.57 Å². The zero-order chi connectivity index (χ0) is 41.9. The monoisotopic (exact) mass is 833 g/mol. The number of rotatable bonds is 5. The largest absolute Gasteiger partial charge is 0.308 e. The summed E-state index contributed by atoms with van der Waals surface area (Å²) in [6, 6.07) is 76.6. The molecule has 0 amide bonds. The average molecular weight is 834 g/mol. The van der Waals surface area contributed by atoms with Crippen molar-refractivity contribution in [2.24, 2.45) is 0 Å². The predicted molar refractivity (Wildman–Crippen MR) is 269 cm³/mol. The molecule has 0 fully saturated rings. The van der Waals surface area contributed by atoms with Crippen molar-refractivity contribution in [2.45, 2.75) is 0 Å². The topological polar surface area (TPSA) is 40.6 Å². The Morgan fingerprint density at radius 1 is 0.312 bits per heavy atom. The second-order valence-electron chi connectivity index (χ2n) is 16.5. The van der Waals surface area contributed by atoms with E-state index >= 15 is 0 Å². The number of para-hydroxylation sites is 6. The maximum atomic E-state index is 5.76. The highest BCUT2D eigenvalue weighted by atomic mass is 32.1. The summed E-state index contributed by atoms with van der Waals surface area (Å²) in [5.41, 5.74) is 10.8. The fourth-order valence-corrected chi connectivity index (χ4v) is 11.5. The van der Waals surface area contributed by atoms with Gasteiger partial charge in [0.15, 0.2) is 5.82 Å². The van der Waals surface area contributed by atoms with E-state index in [0.717, 1.165) is 67.1 Å². The van der Waals surface area contributed by atoms with E-state index < -0.39 is 0 Å². The van der Waals surface area contributed by atoms with Gasteiger partial charge in [0, 0.05) is 58.6 Å². The Morgan fingerprint density at radius 3 is 1.20 bits per heavy atom. The minimum atomic E-state index is 0.638. The fraction of sp³-hybridized carbons (Fsp3) is 0. The molecule has 5 heterocycles.